The van der Waals surface area contributed by atoms with E-state index < -0.39 is 11.9 Å². The van der Waals surface area contributed by atoms with E-state index in [2.05, 4.69) is 39.5 Å². The second-order valence-corrected chi connectivity index (χ2v) is 6.55. The monoisotopic (exact) mass is 350 g/mol. The Morgan fingerprint density at radius 3 is 2.52 bits per heavy atom. The molecule has 25 heavy (non-hydrogen) atoms. The second kappa shape index (κ2) is 7.39. The molecular formula is C18H21F3N4. The summed E-state index contributed by atoms with van der Waals surface area (Å²) in [6, 6.07) is 13.1. The van der Waals surface area contributed by atoms with Crippen molar-refractivity contribution in [1.82, 2.24) is 15.1 Å². The molecule has 2 atom stereocenters. The van der Waals surface area contributed by atoms with Crippen molar-refractivity contribution in [2.75, 3.05) is 18.4 Å². The predicted octanol–water partition coefficient (Wildman–Crippen LogP) is 3.82. The standard InChI is InChI=1S/C18H21F3N4/c1-13-9-15(12-25(13)11-14-5-3-2-4-6-14)10-22-17-8-7-16(23-24-17)18(19,20)21/h2-8,13,15H,9-12H2,1H3,(H,22,24). The first kappa shape index (κ1) is 17.7. The topological polar surface area (TPSA) is 41.1 Å². The summed E-state index contributed by atoms with van der Waals surface area (Å²) in [5.41, 5.74) is 0.318. The van der Waals surface area contributed by atoms with Gasteiger partial charge in [-0.1, -0.05) is 30.3 Å². The van der Waals surface area contributed by atoms with Gasteiger partial charge in [-0.25, -0.2) is 0 Å². The van der Waals surface area contributed by atoms with Crippen LogP contribution in [0.5, 0.6) is 0 Å². The van der Waals surface area contributed by atoms with Crippen molar-refractivity contribution in [2.24, 2.45) is 5.92 Å². The first-order valence-electron chi connectivity index (χ1n) is 8.34. The van der Waals surface area contributed by atoms with Crippen molar-refractivity contribution in [3.05, 3.63) is 53.7 Å². The zero-order valence-corrected chi connectivity index (χ0v) is 14.0. The van der Waals surface area contributed by atoms with Crippen LogP contribution in [0.15, 0.2) is 42.5 Å². The van der Waals surface area contributed by atoms with Gasteiger partial charge >= 0.3 is 6.18 Å². The van der Waals surface area contributed by atoms with E-state index in [4.69, 9.17) is 0 Å². The highest BCUT2D eigenvalue weighted by atomic mass is 19.4. The maximum atomic E-state index is 12.5. The van der Waals surface area contributed by atoms with Crippen molar-refractivity contribution in [3.63, 3.8) is 0 Å². The number of hydrogen-bond donors (Lipinski definition) is 1. The fraction of sp³-hybridized carbons (Fsp3) is 0.444. The van der Waals surface area contributed by atoms with Gasteiger partial charge in [-0.15, -0.1) is 10.2 Å². The van der Waals surface area contributed by atoms with Crippen molar-refractivity contribution >= 4 is 5.82 Å². The van der Waals surface area contributed by atoms with Gasteiger partial charge < -0.3 is 5.32 Å². The molecule has 1 fully saturated rings. The number of benzene rings is 1. The number of alkyl halides is 3. The molecule has 2 unspecified atom stereocenters. The van der Waals surface area contributed by atoms with Crippen molar-refractivity contribution in [2.45, 2.75) is 32.1 Å². The number of anilines is 1. The third-order valence-electron chi connectivity index (χ3n) is 4.55. The van der Waals surface area contributed by atoms with E-state index in [-0.39, 0.29) is 0 Å². The number of aromatic nitrogens is 2. The summed E-state index contributed by atoms with van der Waals surface area (Å²) in [6.07, 6.45) is -3.40. The van der Waals surface area contributed by atoms with Crippen molar-refractivity contribution < 1.29 is 13.2 Å². The Morgan fingerprint density at radius 2 is 1.88 bits per heavy atom. The zero-order chi connectivity index (χ0) is 17.9. The van der Waals surface area contributed by atoms with E-state index in [1.54, 1.807) is 0 Å². The largest absolute Gasteiger partial charge is 0.435 e. The lowest BCUT2D eigenvalue weighted by molar-refractivity contribution is -0.141. The fourth-order valence-electron chi connectivity index (χ4n) is 3.23. The molecule has 7 heteroatoms. The summed E-state index contributed by atoms with van der Waals surface area (Å²) in [6.45, 7) is 4.76. The molecule has 3 rings (SSSR count). The Bertz CT molecular complexity index is 673. The highest BCUT2D eigenvalue weighted by Gasteiger charge is 2.33. The van der Waals surface area contributed by atoms with Gasteiger partial charge in [0.2, 0.25) is 0 Å². The smallest absolute Gasteiger partial charge is 0.368 e. The first-order chi connectivity index (χ1) is 11.9. The van der Waals surface area contributed by atoms with Crippen LogP contribution in [0.2, 0.25) is 0 Å². The van der Waals surface area contributed by atoms with E-state index in [0.717, 1.165) is 25.6 Å². The highest BCUT2D eigenvalue weighted by molar-refractivity contribution is 5.33. The van der Waals surface area contributed by atoms with E-state index in [1.165, 1.54) is 11.6 Å². The molecule has 0 bridgehead atoms. The van der Waals surface area contributed by atoms with Crippen molar-refractivity contribution in [3.8, 4) is 0 Å². The number of nitrogens with zero attached hydrogens (tertiary/aromatic N) is 3. The maximum Gasteiger partial charge on any atom is 0.435 e. The Balaban J connectivity index is 1.51. The average Bonchev–Trinajstić information content (AvgIpc) is 2.93. The summed E-state index contributed by atoms with van der Waals surface area (Å²) in [5, 5.41) is 9.95. The Kier molecular flexibility index (Phi) is 5.22. The molecule has 1 aromatic heterocycles. The number of hydrogen-bond acceptors (Lipinski definition) is 4. The van der Waals surface area contributed by atoms with E-state index in [9.17, 15) is 13.2 Å². The lowest BCUT2D eigenvalue weighted by Gasteiger charge is -2.21. The highest BCUT2D eigenvalue weighted by Crippen LogP contribution is 2.28. The molecule has 0 saturated carbocycles. The molecule has 0 spiro atoms. The third kappa shape index (κ3) is 4.69. The Labute approximate surface area is 145 Å². The summed E-state index contributed by atoms with van der Waals surface area (Å²) >= 11 is 0. The van der Waals surface area contributed by atoms with Crippen LogP contribution in [-0.4, -0.2) is 34.2 Å². The fourth-order valence-corrected chi connectivity index (χ4v) is 3.23. The predicted molar refractivity (Wildman–Crippen MR) is 89.9 cm³/mol. The molecule has 2 aromatic rings. The molecule has 0 amide bonds. The minimum Gasteiger partial charge on any atom is -0.368 e. The normalized spacial score (nSPS) is 21.4. The molecule has 1 aromatic carbocycles. The van der Waals surface area contributed by atoms with Gasteiger partial charge in [-0.3, -0.25) is 4.90 Å². The summed E-state index contributed by atoms with van der Waals surface area (Å²) in [4.78, 5) is 2.43. The van der Waals surface area contributed by atoms with Gasteiger partial charge in [0.05, 0.1) is 0 Å². The average molecular weight is 350 g/mol. The summed E-state index contributed by atoms with van der Waals surface area (Å²) in [7, 11) is 0. The Hall–Kier alpha value is -2.15. The molecule has 1 aliphatic rings. The van der Waals surface area contributed by atoms with Gasteiger partial charge in [-0.05, 0) is 37.0 Å². The first-order valence-corrected chi connectivity index (χ1v) is 8.34. The molecule has 1 saturated heterocycles. The van der Waals surface area contributed by atoms with Crippen LogP contribution in [0.1, 0.15) is 24.6 Å². The van der Waals surface area contributed by atoms with Crippen LogP contribution < -0.4 is 5.32 Å². The van der Waals surface area contributed by atoms with Crippen molar-refractivity contribution in [1.29, 1.82) is 0 Å². The van der Waals surface area contributed by atoms with Crippen LogP contribution in [0, 0.1) is 5.92 Å². The molecule has 0 radical (unpaired) electrons. The number of halogens is 3. The number of rotatable bonds is 5. The van der Waals surface area contributed by atoms with Crippen LogP contribution in [0.4, 0.5) is 19.0 Å². The molecule has 4 nitrogen and oxygen atoms in total. The van der Waals surface area contributed by atoms with E-state index in [0.29, 0.717) is 24.3 Å². The molecular weight excluding hydrogens is 329 g/mol. The van der Waals surface area contributed by atoms with E-state index >= 15 is 0 Å². The van der Waals surface area contributed by atoms with Gasteiger partial charge in [-0.2, -0.15) is 13.2 Å². The minimum absolute atomic E-state index is 0.377. The quantitative estimate of drug-likeness (QED) is 0.890. The van der Waals surface area contributed by atoms with Crippen LogP contribution in [-0.2, 0) is 12.7 Å². The zero-order valence-electron chi connectivity index (χ0n) is 14.0. The Morgan fingerprint density at radius 1 is 1.12 bits per heavy atom. The van der Waals surface area contributed by atoms with Gasteiger partial charge in [0, 0.05) is 25.7 Å². The lowest BCUT2D eigenvalue weighted by Crippen LogP contribution is -2.27. The molecule has 0 aliphatic carbocycles. The van der Waals surface area contributed by atoms with Gasteiger partial charge in [0.1, 0.15) is 5.82 Å². The maximum absolute atomic E-state index is 12.5. The summed E-state index contributed by atoms with van der Waals surface area (Å²) in [5.74, 6) is 0.810. The SMILES string of the molecule is CC1CC(CNc2ccc(C(F)(F)F)nn2)CN1Cc1ccccc1. The molecule has 1 N–H and O–H groups in total. The van der Waals surface area contributed by atoms with Gasteiger partial charge in [0.15, 0.2) is 5.69 Å². The second-order valence-electron chi connectivity index (χ2n) is 6.55. The van der Waals surface area contributed by atoms with E-state index in [1.807, 2.05) is 18.2 Å². The molecule has 1 aliphatic heterocycles. The molecule has 2 heterocycles. The van der Waals surface area contributed by atoms with Gasteiger partial charge in [0.25, 0.3) is 0 Å². The van der Waals surface area contributed by atoms with Crippen LogP contribution in [0.3, 0.4) is 0 Å². The number of nitrogens with one attached hydrogen (secondary N) is 1. The number of likely N-dealkylation sites (tertiary alicyclic amines) is 1. The minimum atomic E-state index is -4.45. The lowest BCUT2D eigenvalue weighted by atomic mass is 10.1. The van der Waals surface area contributed by atoms with Crippen LogP contribution in [0.25, 0.3) is 0 Å². The third-order valence-corrected chi connectivity index (χ3v) is 4.55. The summed E-state index contributed by atoms with van der Waals surface area (Å²) < 4.78 is 37.5. The molecule has 134 valence electrons. The van der Waals surface area contributed by atoms with Crippen LogP contribution >= 0.6 is 0 Å².